The summed E-state index contributed by atoms with van der Waals surface area (Å²) in [5.41, 5.74) is 3.20. The molecule has 2 aliphatic heterocycles. The Labute approximate surface area is 231 Å². The smallest absolute Gasteiger partial charge is 0.148 e. The number of aliphatic hydroxyl groups excluding tert-OH is 4. The molecular weight excluding hydrogens is 536 g/mol. The minimum absolute atomic E-state index is 0. The lowest BCUT2D eigenvalue weighted by Crippen LogP contribution is -2.24. The molecule has 0 bridgehead atoms. The van der Waals surface area contributed by atoms with Gasteiger partial charge < -0.3 is 44.5 Å². The van der Waals surface area contributed by atoms with E-state index in [-0.39, 0.29) is 31.1 Å². The minimum atomic E-state index is -0.655. The van der Waals surface area contributed by atoms with Gasteiger partial charge in [-0.3, -0.25) is 8.80 Å². The average molecular weight is 567 g/mol. The van der Waals surface area contributed by atoms with Gasteiger partial charge in [0, 0.05) is 50.0 Å². The molecule has 0 saturated carbocycles. The van der Waals surface area contributed by atoms with Gasteiger partial charge in [-0.05, 0) is 12.1 Å². The molecule has 0 unspecified atom stereocenters. The second kappa shape index (κ2) is 10.8. The standard InChI is InChI=1S/2C13H14N4O3.H2O/c2*18-6-10-9(19)5-11(20-10)17-3-1-8-12-14-2-4-16(12)7-15-13(8)17;/h2*1-4,7,9-11,18-19H,5-6H2;1H2/t2*9-,10+,11+;/m00./s1. The fourth-order valence-corrected chi connectivity index (χ4v) is 5.53. The molecule has 41 heavy (non-hydrogen) atoms. The van der Waals surface area contributed by atoms with Crippen molar-refractivity contribution >= 4 is 33.4 Å². The third-order valence-corrected chi connectivity index (χ3v) is 7.59. The summed E-state index contributed by atoms with van der Waals surface area (Å²) >= 11 is 0. The molecule has 15 nitrogen and oxygen atoms in total. The quantitative estimate of drug-likeness (QED) is 0.222. The van der Waals surface area contributed by atoms with Crippen molar-refractivity contribution in [1.82, 2.24) is 37.9 Å². The Hall–Kier alpha value is -3.96. The highest BCUT2D eigenvalue weighted by molar-refractivity contribution is 5.90. The van der Waals surface area contributed by atoms with Crippen molar-refractivity contribution in [3.05, 3.63) is 62.0 Å². The first kappa shape index (κ1) is 27.2. The van der Waals surface area contributed by atoms with Crippen molar-refractivity contribution < 1.29 is 35.4 Å². The molecule has 2 saturated heterocycles. The molecule has 2 fully saturated rings. The van der Waals surface area contributed by atoms with Gasteiger partial charge in [0.15, 0.2) is 0 Å². The topological polar surface area (TPSA) is 201 Å². The van der Waals surface area contributed by atoms with Crippen LogP contribution >= 0.6 is 0 Å². The third-order valence-electron chi connectivity index (χ3n) is 7.59. The summed E-state index contributed by atoms with van der Waals surface area (Å²) in [5, 5.41) is 39.8. The molecule has 6 aromatic heterocycles. The van der Waals surface area contributed by atoms with Crippen LogP contribution in [-0.4, -0.2) is 101 Å². The van der Waals surface area contributed by atoms with Crippen LogP contribution in [0.3, 0.4) is 0 Å². The number of rotatable bonds is 4. The molecule has 0 radical (unpaired) electrons. The van der Waals surface area contributed by atoms with Crippen molar-refractivity contribution in [2.75, 3.05) is 13.2 Å². The summed E-state index contributed by atoms with van der Waals surface area (Å²) in [4.78, 5) is 17.5. The Morgan fingerprint density at radius 1 is 0.659 bits per heavy atom. The van der Waals surface area contributed by atoms with Crippen LogP contribution in [0.25, 0.3) is 33.4 Å². The molecule has 0 aliphatic carbocycles. The first-order valence-corrected chi connectivity index (χ1v) is 13.0. The number of aromatic nitrogens is 8. The first-order valence-electron chi connectivity index (χ1n) is 13.0. The molecule has 0 spiro atoms. The predicted octanol–water partition coefficient (Wildman–Crippen LogP) is -0.175. The van der Waals surface area contributed by atoms with E-state index in [2.05, 4.69) is 19.9 Å². The van der Waals surface area contributed by atoms with Crippen molar-refractivity contribution in [1.29, 1.82) is 0 Å². The number of aliphatic hydroxyl groups is 4. The summed E-state index contributed by atoms with van der Waals surface area (Å²) in [5.74, 6) is 0. The second-order valence-corrected chi connectivity index (χ2v) is 9.96. The van der Waals surface area contributed by atoms with Gasteiger partial charge in [0.1, 0.15) is 59.9 Å². The molecule has 0 amide bonds. The Morgan fingerprint density at radius 3 is 1.49 bits per heavy atom. The summed E-state index contributed by atoms with van der Waals surface area (Å²) in [6.45, 7) is -0.371. The maximum atomic E-state index is 9.83. The van der Waals surface area contributed by atoms with Crippen molar-refractivity contribution in [2.24, 2.45) is 0 Å². The molecule has 6 aromatic rings. The summed E-state index contributed by atoms with van der Waals surface area (Å²) in [6.07, 6.45) is 12.2. The fourth-order valence-electron chi connectivity index (χ4n) is 5.53. The third kappa shape index (κ3) is 4.53. The molecule has 0 aromatic carbocycles. The first-order chi connectivity index (χ1) is 19.6. The number of nitrogens with zero attached hydrogens (tertiary/aromatic N) is 8. The number of fused-ring (bicyclic) bond motifs is 6. The molecule has 6 atom stereocenters. The fraction of sp³-hybridized carbons (Fsp3) is 0.385. The van der Waals surface area contributed by atoms with Crippen molar-refractivity contribution in [3.8, 4) is 0 Å². The lowest BCUT2D eigenvalue weighted by atomic mass is 10.2. The zero-order chi connectivity index (χ0) is 27.4. The maximum Gasteiger partial charge on any atom is 0.148 e. The zero-order valence-corrected chi connectivity index (χ0v) is 21.7. The highest BCUT2D eigenvalue weighted by Crippen LogP contribution is 2.33. The Bertz CT molecular complexity index is 1660. The van der Waals surface area contributed by atoms with Crippen molar-refractivity contribution in [3.63, 3.8) is 0 Å². The van der Waals surface area contributed by atoms with E-state index in [1.807, 2.05) is 54.9 Å². The largest absolute Gasteiger partial charge is 0.412 e. The van der Waals surface area contributed by atoms with Crippen molar-refractivity contribution in [2.45, 2.75) is 49.7 Å². The van der Waals surface area contributed by atoms with Gasteiger partial charge in [-0.2, -0.15) is 0 Å². The highest BCUT2D eigenvalue weighted by Gasteiger charge is 2.36. The lowest BCUT2D eigenvalue weighted by Gasteiger charge is -2.14. The second-order valence-electron chi connectivity index (χ2n) is 9.96. The lowest BCUT2D eigenvalue weighted by molar-refractivity contribution is -0.0430. The van der Waals surface area contributed by atoms with Crippen LogP contribution in [0.15, 0.2) is 62.0 Å². The van der Waals surface area contributed by atoms with E-state index in [1.165, 1.54) is 0 Å². The normalized spacial score (nSPS) is 26.1. The van der Waals surface area contributed by atoms with Crippen LogP contribution < -0.4 is 0 Å². The Kier molecular flexibility index (Phi) is 7.16. The van der Waals surface area contributed by atoms with E-state index >= 15 is 0 Å². The Morgan fingerprint density at radius 2 is 1.10 bits per heavy atom. The average Bonchev–Trinajstić information content (AvgIpc) is 3.78. The summed E-state index contributed by atoms with van der Waals surface area (Å²) in [7, 11) is 0. The number of ether oxygens (including phenoxy) is 2. The minimum Gasteiger partial charge on any atom is -0.412 e. The van der Waals surface area contributed by atoms with Gasteiger partial charge in [-0.25, -0.2) is 19.9 Å². The van der Waals surface area contributed by atoms with E-state index in [1.54, 1.807) is 25.0 Å². The molecule has 8 rings (SSSR count). The molecule has 2 aliphatic rings. The highest BCUT2D eigenvalue weighted by atomic mass is 16.5. The molecule has 6 N–H and O–H groups in total. The van der Waals surface area contributed by atoms with E-state index in [0.29, 0.717) is 12.8 Å². The summed E-state index contributed by atoms with van der Waals surface area (Å²) in [6, 6.07) is 3.87. The van der Waals surface area contributed by atoms with Gasteiger partial charge >= 0.3 is 0 Å². The van der Waals surface area contributed by atoms with Crippen LogP contribution in [0.5, 0.6) is 0 Å². The predicted molar refractivity (Wildman–Crippen MR) is 144 cm³/mol. The number of imidazole rings is 2. The van der Waals surface area contributed by atoms with Crippen LogP contribution in [-0.2, 0) is 9.47 Å². The monoisotopic (exact) mass is 566 g/mol. The zero-order valence-electron chi connectivity index (χ0n) is 21.7. The van der Waals surface area contributed by atoms with Crippen LogP contribution in [0.1, 0.15) is 25.3 Å². The van der Waals surface area contributed by atoms with Crippen LogP contribution in [0, 0.1) is 0 Å². The SMILES string of the molecule is O.OC[C@H]1O[C@@H](n2ccc3c2ncn2ccnc32)C[C@@H]1O.OC[C@H]1O[C@@H](n2ccc3c2ncn2ccnc32)C[C@@H]1O. The Balaban J connectivity index is 0.000000144. The summed E-state index contributed by atoms with van der Waals surface area (Å²) < 4.78 is 18.8. The maximum absolute atomic E-state index is 9.83. The van der Waals surface area contributed by atoms with E-state index in [4.69, 9.17) is 19.7 Å². The van der Waals surface area contributed by atoms with Gasteiger partial charge in [0.2, 0.25) is 0 Å². The number of hydrogen-bond donors (Lipinski definition) is 4. The van der Waals surface area contributed by atoms with Crippen LogP contribution in [0.2, 0.25) is 0 Å². The van der Waals surface area contributed by atoms with E-state index in [9.17, 15) is 10.2 Å². The number of hydrogen-bond acceptors (Lipinski definition) is 10. The van der Waals surface area contributed by atoms with Gasteiger partial charge in [0.05, 0.1) is 36.2 Å². The van der Waals surface area contributed by atoms with E-state index < -0.39 is 24.4 Å². The molecule has 15 heteroatoms. The molecule has 216 valence electrons. The molecular formula is C26H30N8O7. The van der Waals surface area contributed by atoms with Gasteiger partial charge in [0.25, 0.3) is 0 Å². The van der Waals surface area contributed by atoms with E-state index in [0.717, 1.165) is 33.4 Å². The van der Waals surface area contributed by atoms with Gasteiger partial charge in [-0.15, -0.1) is 0 Å². The molecule has 8 heterocycles. The van der Waals surface area contributed by atoms with Gasteiger partial charge in [-0.1, -0.05) is 0 Å². The van der Waals surface area contributed by atoms with Crippen LogP contribution in [0.4, 0.5) is 0 Å².